The molecule has 0 spiro atoms. The molecule has 2 aromatic carbocycles. The number of aromatic amines is 1. The smallest absolute Gasteiger partial charge is 0.319 e. The van der Waals surface area contributed by atoms with Crippen LogP contribution in [0.25, 0.3) is 32.9 Å². The summed E-state index contributed by atoms with van der Waals surface area (Å²) in [4.78, 5) is 28.1. The Labute approximate surface area is 266 Å². The van der Waals surface area contributed by atoms with Crippen molar-refractivity contribution in [3.05, 3.63) is 47.3 Å². The number of nitrogens with two attached hydrogens (primary N) is 1. The van der Waals surface area contributed by atoms with Crippen LogP contribution in [0.5, 0.6) is 6.01 Å². The van der Waals surface area contributed by atoms with Crippen LogP contribution in [0.15, 0.2) is 30.9 Å². The van der Waals surface area contributed by atoms with E-state index < -0.39 is 5.82 Å². The summed E-state index contributed by atoms with van der Waals surface area (Å²) in [5.74, 6) is 0.000611. The lowest BCUT2D eigenvalue weighted by Gasteiger charge is -2.44. The maximum absolute atomic E-state index is 16.9. The molecule has 6 rings (SSSR count). The van der Waals surface area contributed by atoms with Gasteiger partial charge in [-0.3, -0.25) is 14.8 Å². The highest BCUT2D eigenvalue weighted by Crippen LogP contribution is 2.43. The quantitative estimate of drug-likeness (QED) is 0.268. The molecular weight excluding hydrogens is 599 g/mol. The van der Waals surface area contributed by atoms with Crippen LogP contribution in [0.3, 0.4) is 0 Å². The number of benzene rings is 2. The number of H-pyrrole nitrogens is 1. The van der Waals surface area contributed by atoms with Crippen molar-refractivity contribution in [2.24, 2.45) is 0 Å². The zero-order valence-electron chi connectivity index (χ0n) is 25.9. The number of halogens is 2. The first-order chi connectivity index (χ1) is 21.6. The number of nitrogen functional groups attached to an aromatic ring is 1. The molecule has 2 fully saturated rings. The minimum atomic E-state index is -0.606. The number of hydrogen-bond donors (Lipinski definition) is 2. The summed E-state index contributed by atoms with van der Waals surface area (Å²) in [6.07, 6.45) is 2.50. The van der Waals surface area contributed by atoms with Gasteiger partial charge in [-0.05, 0) is 51.0 Å². The molecule has 238 valence electrons. The van der Waals surface area contributed by atoms with Crippen LogP contribution in [-0.2, 0) is 9.53 Å². The zero-order chi connectivity index (χ0) is 32.0. The molecule has 0 bridgehead atoms. The predicted octanol–water partition coefficient (Wildman–Crippen LogP) is 4.57. The van der Waals surface area contributed by atoms with E-state index >= 15 is 4.39 Å². The number of methoxy groups -OCH3 is 1. The SMILES string of the molecule is C=CC(=O)N1C[C@H](C)N(c2nc(OCCN3CCC(OC)C3)nc3c(F)c(-c4c(C)ccc5[nH]nc(N)c45)c(Cl)cc23)C[C@H]1C. The van der Waals surface area contributed by atoms with Gasteiger partial charge in [-0.2, -0.15) is 15.1 Å². The molecule has 0 aliphatic carbocycles. The van der Waals surface area contributed by atoms with Gasteiger partial charge in [0.25, 0.3) is 0 Å². The number of ether oxygens (including phenoxy) is 2. The maximum atomic E-state index is 16.9. The van der Waals surface area contributed by atoms with E-state index in [-0.39, 0.29) is 52.0 Å². The monoisotopic (exact) mass is 636 g/mol. The fourth-order valence-electron chi connectivity index (χ4n) is 6.54. The predicted molar refractivity (Wildman–Crippen MR) is 174 cm³/mol. The summed E-state index contributed by atoms with van der Waals surface area (Å²) in [5.41, 5.74) is 8.50. The van der Waals surface area contributed by atoms with Crippen molar-refractivity contribution in [3.63, 3.8) is 0 Å². The average molecular weight is 637 g/mol. The Bertz CT molecular complexity index is 1780. The van der Waals surface area contributed by atoms with Gasteiger partial charge in [-0.15, -0.1) is 0 Å². The van der Waals surface area contributed by atoms with Gasteiger partial charge in [0, 0.05) is 68.4 Å². The summed E-state index contributed by atoms with van der Waals surface area (Å²) in [6, 6.07) is 5.20. The van der Waals surface area contributed by atoms with Crippen LogP contribution in [0.2, 0.25) is 5.02 Å². The van der Waals surface area contributed by atoms with Crippen molar-refractivity contribution < 1.29 is 18.7 Å². The summed E-state index contributed by atoms with van der Waals surface area (Å²) in [5, 5.41) is 8.27. The number of hydrogen-bond acceptors (Lipinski definition) is 9. The summed E-state index contributed by atoms with van der Waals surface area (Å²) < 4.78 is 28.5. The molecule has 3 atom stereocenters. The largest absolute Gasteiger partial charge is 0.462 e. The highest BCUT2D eigenvalue weighted by molar-refractivity contribution is 6.35. The van der Waals surface area contributed by atoms with E-state index in [0.29, 0.717) is 53.9 Å². The number of rotatable bonds is 8. The number of carbonyl (C=O) groups is 1. The van der Waals surface area contributed by atoms with Crippen LogP contribution in [0.4, 0.5) is 16.0 Å². The second-order valence-corrected chi connectivity index (χ2v) is 12.3. The molecule has 2 saturated heterocycles. The number of fused-ring (bicyclic) bond motifs is 2. The summed E-state index contributed by atoms with van der Waals surface area (Å²) in [6.45, 7) is 13.1. The molecule has 0 radical (unpaired) electrons. The molecule has 4 aromatic rings. The molecule has 11 nitrogen and oxygen atoms in total. The van der Waals surface area contributed by atoms with Gasteiger partial charge in [0.2, 0.25) is 5.91 Å². The van der Waals surface area contributed by atoms with E-state index in [9.17, 15) is 4.79 Å². The normalized spacial score (nSPS) is 20.8. The fourth-order valence-corrected chi connectivity index (χ4v) is 6.83. The van der Waals surface area contributed by atoms with E-state index in [1.165, 1.54) is 6.08 Å². The lowest BCUT2D eigenvalue weighted by molar-refractivity contribution is -0.128. The van der Waals surface area contributed by atoms with Crippen molar-refractivity contribution >= 4 is 50.9 Å². The summed E-state index contributed by atoms with van der Waals surface area (Å²) in [7, 11) is 1.72. The molecular formula is C32H38ClFN8O3. The maximum Gasteiger partial charge on any atom is 0.319 e. The van der Waals surface area contributed by atoms with Crippen LogP contribution in [0, 0.1) is 12.7 Å². The van der Waals surface area contributed by atoms with Crippen molar-refractivity contribution in [3.8, 4) is 17.1 Å². The second-order valence-electron chi connectivity index (χ2n) is 11.9. The van der Waals surface area contributed by atoms with Gasteiger partial charge in [-0.1, -0.05) is 24.2 Å². The van der Waals surface area contributed by atoms with Gasteiger partial charge in [0.05, 0.1) is 22.0 Å². The van der Waals surface area contributed by atoms with Crippen LogP contribution in [0.1, 0.15) is 25.8 Å². The number of aromatic nitrogens is 4. The molecule has 0 saturated carbocycles. The topological polar surface area (TPSA) is 126 Å². The van der Waals surface area contributed by atoms with Crippen LogP contribution in [-0.4, -0.2) is 101 Å². The lowest BCUT2D eigenvalue weighted by Crippen LogP contribution is -2.58. The van der Waals surface area contributed by atoms with E-state index in [1.54, 1.807) is 18.1 Å². The third kappa shape index (κ3) is 5.66. The number of aryl methyl sites for hydroxylation is 1. The Morgan fingerprint density at radius 3 is 2.76 bits per heavy atom. The average Bonchev–Trinajstić information content (AvgIpc) is 3.65. The first-order valence-corrected chi connectivity index (χ1v) is 15.5. The van der Waals surface area contributed by atoms with E-state index in [1.807, 2.05) is 32.9 Å². The molecule has 13 heteroatoms. The number of carbonyl (C=O) groups excluding carboxylic acids is 1. The third-order valence-corrected chi connectivity index (χ3v) is 9.27. The Hall–Kier alpha value is -4.00. The first-order valence-electron chi connectivity index (χ1n) is 15.1. The number of nitrogens with one attached hydrogen (secondary N) is 1. The Morgan fingerprint density at radius 1 is 1.22 bits per heavy atom. The molecule has 45 heavy (non-hydrogen) atoms. The Kier molecular flexibility index (Phi) is 8.55. The standard InChI is InChI=1S/C32H38ClFN8O3/c1-6-24(43)41-14-19(4)42(15-18(41)3)31-21-13-22(33)26(25-17(2)7-8-23-27(25)30(35)39-38-23)28(34)29(21)36-32(37-31)45-12-11-40-10-9-20(16-40)44-5/h6-8,13,18-20H,1,9-12,14-16H2,2-5H3,(H3,35,38,39)/t18-,19+,20?/m1/s1. The molecule has 2 aliphatic rings. The minimum absolute atomic E-state index is 0.0642. The number of likely N-dealkylation sites (tertiary alicyclic amines) is 1. The van der Waals surface area contributed by atoms with Crippen LogP contribution < -0.4 is 15.4 Å². The highest BCUT2D eigenvalue weighted by Gasteiger charge is 2.34. The Morgan fingerprint density at radius 2 is 2.02 bits per heavy atom. The van der Waals surface area contributed by atoms with Crippen molar-refractivity contribution in [2.75, 3.05) is 57.1 Å². The molecule has 3 N–H and O–H groups in total. The second kappa shape index (κ2) is 12.4. The fraction of sp³-hybridized carbons (Fsp3) is 0.438. The highest BCUT2D eigenvalue weighted by atomic mass is 35.5. The molecule has 4 heterocycles. The number of piperazine rings is 1. The summed E-state index contributed by atoms with van der Waals surface area (Å²) >= 11 is 6.92. The van der Waals surface area contributed by atoms with E-state index in [0.717, 1.165) is 25.1 Å². The minimum Gasteiger partial charge on any atom is -0.462 e. The van der Waals surface area contributed by atoms with Gasteiger partial charge in [0.15, 0.2) is 11.6 Å². The molecule has 1 amide bonds. The Balaban J connectivity index is 1.45. The molecule has 1 unspecified atom stereocenters. The van der Waals surface area contributed by atoms with E-state index in [4.69, 9.17) is 31.8 Å². The molecule has 2 aromatic heterocycles. The first kappa shape index (κ1) is 31.0. The van der Waals surface area contributed by atoms with Gasteiger partial charge < -0.3 is 25.0 Å². The third-order valence-electron chi connectivity index (χ3n) is 8.98. The van der Waals surface area contributed by atoms with Crippen molar-refractivity contribution in [1.82, 2.24) is 30.0 Å². The number of anilines is 2. The number of amides is 1. The van der Waals surface area contributed by atoms with Gasteiger partial charge in [0.1, 0.15) is 17.9 Å². The van der Waals surface area contributed by atoms with Crippen LogP contribution >= 0.6 is 11.6 Å². The van der Waals surface area contributed by atoms with Crippen molar-refractivity contribution in [2.45, 2.75) is 45.4 Å². The van der Waals surface area contributed by atoms with E-state index in [2.05, 4.69) is 31.6 Å². The number of nitrogens with zero attached hydrogens (tertiary/aromatic N) is 6. The van der Waals surface area contributed by atoms with Gasteiger partial charge >= 0.3 is 6.01 Å². The zero-order valence-corrected chi connectivity index (χ0v) is 26.7. The van der Waals surface area contributed by atoms with Gasteiger partial charge in [-0.25, -0.2) is 4.39 Å². The lowest BCUT2D eigenvalue weighted by atomic mass is 9.94. The molecule has 2 aliphatic heterocycles. The van der Waals surface area contributed by atoms with Crippen molar-refractivity contribution in [1.29, 1.82) is 0 Å².